The molecule has 1 heterocycles. The summed E-state index contributed by atoms with van der Waals surface area (Å²) in [6.07, 6.45) is 1.29. The van der Waals surface area contributed by atoms with Crippen LogP contribution in [0.15, 0.2) is 12.3 Å². The molecule has 0 amide bonds. The molecule has 2 N–H and O–H groups in total. The van der Waals surface area contributed by atoms with E-state index in [-0.39, 0.29) is 6.04 Å². The van der Waals surface area contributed by atoms with Gasteiger partial charge >= 0.3 is 0 Å². The van der Waals surface area contributed by atoms with Gasteiger partial charge in [0.1, 0.15) is 5.76 Å². The predicted molar refractivity (Wildman–Crippen MR) is 35.2 cm³/mol. The van der Waals surface area contributed by atoms with Crippen LogP contribution in [0.2, 0.25) is 0 Å². The quantitative estimate of drug-likeness (QED) is 0.505. The number of rotatable bonds is 1. The van der Waals surface area contributed by atoms with Gasteiger partial charge in [-0.05, 0) is 24.8 Å². The molecule has 2 aliphatic rings. The van der Waals surface area contributed by atoms with E-state index >= 15 is 0 Å². The first-order valence-electron chi connectivity index (χ1n) is 3.40. The van der Waals surface area contributed by atoms with Crippen molar-refractivity contribution >= 4 is 0 Å². The summed E-state index contributed by atoms with van der Waals surface area (Å²) in [5.74, 6) is 1.88. The zero-order valence-electron chi connectivity index (χ0n) is 5.30. The summed E-state index contributed by atoms with van der Waals surface area (Å²) in [7, 11) is 0. The Hall–Kier alpha value is -0.500. The Morgan fingerprint density at radius 3 is 2.67 bits per heavy atom. The summed E-state index contributed by atoms with van der Waals surface area (Å²) in [5.41, 5.74) is 0. The number of piperidine rings is 1. The van der Waals surface area contributed by atoms with Crippen molar-refractivity contribution in [1.29, 1.82) is 0 Å². The highest BCUT2D eigenvalue weighted by Crippen LogP contribution is 2.46. The van der Waals surface area contributed by atoms with Crippen LogP contribution in [0.1, 0.15) is 6.42 Å². The largest absolute Gasteiger partial charge is 0.511 e. The van der Waals surface area contributed by atoms with E-state index < -0.39 is 0 Å². The Bertz CT molecular complexity index is 155. The summed E-state index contributed by atoms with van der Waals surface area (Å²) in [4.78, 5) is 0. The number of hydrogen-bond donors (Lipinski definition) is 2. The highest BCUT2D eigenvalue weighted by atomic mass is 16.3. The first-order valence-corrected chi connectivity index (χ1v) is 3.40. The smallest absolute Gasteiger partial charge is 0.102 e. The van der Waals surface area contributed by atoms with Gasteiger partial charge in [0.2, 0.25) is 0 Å². The Morgan fingerprint density at radius 1 is 1.67 bits per heavy atom. The number of hydrogen-bond acceptors (Lipinski definition) is 2. The minimum absolute atomic E-state index is 0.218. The molecule has 1 saturated heterocycles. The Balaban J connectivity index is 2.06. The van der Waals surface area contributed by atoms with Gasteiger partial charge in [-0.2, -0.15) is 0 Å². The van der Waals surface area contributed by atoms with Crippen molar-refractivity contribution in [2.24, 2.45) is 11.8 Å². The third-order valence-corrected chi connectivity index (χ3v) is 2.36. The topological polar surface area (TPSA) is 32.3 Å². The molecule has 0 unspecified atom stereocenters. The molecule has 0 aromatic rings. The van der Waals surface area contributed by atoms with Crippen molar-refractivity contribution in [3.63, 3.8) is 0 Å². The van der Waals surface area contributed by atoms with Gasteiger partial charge in [0.25, 0.3) is 0 Å². The van der Waals surface area contributed by atoms with Crippen molar-refractivity contribution < 1.29 is 5.11 Å². The summed E-state index contributed by atoms with van der Waals surface area (Å²) >= 11 is 0. The number of fused-ring (bicyclic) bond motifs is 1. The lowest BCUT2D eigenvalue weighted by atomic mass is 10.2. The molecule has 0 bridgehead atoms. The summed E-state index contributed by atoms with van der Waals surface area (Å²) in [6, 6.07) is 0.218. The lowest BCUT2D eigenvalue weighted by molar-refractivity contribution is 0.343. The molecule has 3 atom stereocenters. The molecule has 1 aliphatic carbocycles. The van der Waals surface area contributed by atoms with Gasteiger partial charge in [0.05, 0.1) is 6.04 Å². The second-order valence-corrected chi connectivity index (χ2v) is 3.04. The Morgan fingerprint density at radius 2 is 2.44 bits per heavy atom. The number of aliphatic hydroxyl groups is 1. The van der Waals surface area contributed by atoms with Crippen LogP contribution in [-0.4, -0.2) is 17.7 Å². The third-order valence-electron chi connectivity index (χ3n) is 2.36. The molecule has 1 aliphatic heterocycles. The molecule has 50 valence electrons. The molecule has 2 rings (SSSR count). The predicted octanol–water partition coefficient (Wildman–Crippen LogP) is 0.666. The van der Waals surface area contributed by atoms with Crippen molar-refractivity contribution in [3.8, 4) is 0 Å². The third kappa shape index (κ3) is 0.663. The van der Waals surface area contributed by atoms with Gasteiger partial charge in [-0.25, -0.2) is 0 Å². The van der Waals surface area contributed by atoms with Crippen molar-refractivity contribution in [2.45, 2.75) is 12.5 Å². The van der Waals surface area contributed by atoms with E-state index in [4.69, 9.17) is 5.11 Å². The maximum atomic E-state index is 8.99. The molecular formula is C7H11NO. The van der Waals surface area contributed by atoms with Crippen molar-refractivity contribution in [3.05, 3.63) is 12.3 Å². The molecule has 0 aromatic carbocycles. The van der Waals surface area contributed by atoms with E-state index in [1.165, 1.54) is 6.42 Å². The van der Waals surface area contributed by atoms with Crippen LogP contribution in [0.4, 0.5) is 0 Å². The van der Waals surface area contributed by atoms with Gasteiger partial charge in [-0.1, -0.05) is 6.58 Å². The fraction of sp³-hybridized carbons (Fsp3) is 0.714. The van der Waals surface area contributed by atoms with Crippen LogP contribution in [0, 0.1) is 11.8 Å². The normalized spacial score (nSPS) is 46.4. The van der Waals surface area contributed by atoms with Crippen molar-refractivity contribution in [2.75, 3.05) is 6.54 Å². The average molecular weight is 125 g/mol. The van der Waals surface area contributed by atoms with Crippen LogP contribution >= 0.6 is 0 Å². The van der Waals surface area contributed by atoms with Crippen LogP contribution < -0.4 is 5.32 Å². The monoisotopic (exact) mass is 125 g/mol. The zero-order valence-corrected chi connectivity index (χ0v) is 5.30. The first kappa shape index (κ1) is 5.30. The zero-order chi connectivity index (χ0) is 6.43. The lowest BCUT2D eigenvalue weighted by Gasteiger charge is -2.09. The van der Waals surface area contributed by atoms with E-state index in [1.54, 1.807) is 0 Å². The van der Waals surface area contributed by atoms with Gasteiger partial charge in [0, 0.05) is 0 Å². The summed E-state index contributed by atoms with van der Waals surface area (Å²) < 4.78 is 0. The fourth-order valence-corrected chi connectivity index (χ4v) is 1.71. The first-order chi connectivity index (χ1) is 4.29. The van der Waals surface area contributed by atoms with Gasteiger partial charge in [-0.15, -0.1) is 0 Å². The molecule has 0 radical (unpaired) electrons. The fourth-order valence-electron chi connectivity index (χ4n) is 1.71. The highest BCUT2D eigenvalue weighted by Gasteiger charge is 2.49. The average Bonchev–Trinajstić information content (AvgIpc) is 2.43. The highest BCUT2D eigenvalue weighted by molar-refractivity contribution is 5.12. The lowest BCUT2D eigenvalue weighted by Crippen LogP contribution is -2.27. The molecule has 9 heavy (non-hydrogen) atoms. The van der Waals surface area contributed by atoms with Crippen LogP contribution in [-0.2, 0) is 0 Å². The summed E-state index contributed by atoms with van der Waals surface area (Å²) in [6.45, 7) is 4.59. The van der Waals surface area contributed by atoms with E-state index in [0.29, 0.717) is 11.7 Å². The second-order valence-electron chi connectivity index (χ2n) is 3.04. The van der Waals surface area contributed by atoms with E-state index in [9.17, 15) is 0 Å². The maximum Gasteiger partial charge on any atom is 0.102 e. The van der Waals surface area contributed by atoms with Crippen LogP contribution in [0.5, 0.6) is 0 Å². The number of aliphatic hydroxyl groups excluding tert-OH is 1. The standard InChI is InChI=1S/C7H11NO/c1-4(9)7-6-2-5(6)3-8-7/h5-9H,1-3H2/t5-,6-,7+/m0/s1. The summed E-state index contributed by atoms with van der Waals surface area (Å²) in [5, 5.41) is 12.2. The van der Waals surface area contributed by atoms with Gasteiger partial charge in [0.15, 0.2) is 0 Å². The molecule has 2 heteroatoms. The molecule has 2 nitrogen and oxygen atoms in total. The second kappa shape index (κ2) is 1.51. The van der Waals surface area contributed by atoms with Gasteiger partial charge in [-0.3, -0.25) is 0 Å². The molecule has 0 spiro atoms. The van der Waals surface area contributed by atoms with E-state index in [2.05, 4.69) is 11.9 Å². The SMILES string of the molecule is C=C(O)[C@H]1NC[C@@H]2C[C@@H]21. The molecule has 0 aromatic heterocycles. The number of nitrogens with one attached hydrogen (secondary N) is 1. The van der Waals surface area contributed by atoms with E-state index in [0.717, 1.165) is 12.5 Å². The molecular weight excluding hydrogens is 114 g/mol. The molecule has 1 saturated carbocycles. The molecule has 2 fully saturated rings. The van der Waals surface area contributed by atoms with Crippen LogP contribution in [0.3, 0.4) is 0 Å². The minimum atomic E-state index is 0.218. The van der Waals surface area contributed by atoms with Crippen LogP contribution in [0.25, 0.3) is 0 Å². The Kier molecular flexibility index (Phi) is 0.887. The minimum Gasteiger partial charge on any atom is -0.511 e. The van der Waals surface area contributed by atoms with Crippen molar-refractivity contribution in [1.82, 2.24) is 5.32 Å². The maximum absolute atomic E-state index is 8.99. The Labute approximate surface area is 54.6 Å². The van der Waals surface area contributed by atoms with Gasteiger partial charge < -0.3 is 10.4 Å². The van der Waals surface area contributed by atoms with E-state index in [1.807, 2.05) is 0 Å².